The van der Waals surface area contributed by atoms with Gasteiger partial charge in [0, 0.05) is 38.2 Å². The summed E-state index contributed by atoms with van der Waals surface area (Å²) < 4.78 is 5.10. The summed E-state index contributed by atoms with van der Waals surface area (Å²) in [5.41, 5.74) is 0.362. The summed E-state index contributed by atoms with van der Waals surface area (Å²) in [5.74, 6) is 0.704. The highest BCUT2D eigenvalue weighted by molar-refractivity contribution is 6.36. The van der Waals surface area contributed by atoms with E-state index >= 15 is 0 Å². The molecule has 130 valence electrons. The molecule has 0 N–H and O–H groups in total. The summed E-state index contributed by atoms with van der Waals surface area (Å²) in [6.45, 7) is 2.17. The predicted molar refractivity (Wildman–Crippen MR) is 92.8 cm³/mol. The zero-order chi connectivity index (χ0) is 17.3. The molecule has 2 fully saturated rings. The Morgan fingerprint density at radius 1 is 1.04 bits per heavy atom. The molecule has 7 heteroatoms. The monoisotopic (exact) mass is 370 g/mol. The second-order valence-electron chi connectivity index (χ2n) is 6.21. The fraction of sp³-hybridized carbons (Fsp3) is 0.529. The first kappa shape index (κ1) is 17.4. The van der Waals surface area contributed by atoms with Crippen molar-refractivity contribution in [1.29, 1.82) is 0 Å². The van der Waals surface area contributed by atoms with Crippen molar-refractivity contribution in [1.82, 2.24) is 9.80 Å². The van der Waals surface area contributed by atoms with Crippen molar-refractivity contribution >= 4 is 35.0 Å². The van der Waals surface area contributed by atoms with Gasteiger partial charge in [0.1, 0.15) is 5.75 Å². The number of piperazine rings is 1. The van der Waals surface area contributed by atoms with Gasteiger partial charge in [-0.25, -0.2) is 0 Å². The number of halogens is 2. The summed E-state index contributed by atoms with van der Waals surface area (Å²) in [7, 11) is 1.50. The number of hydrogen-bond donors (Lipinski definition) is 0. The Kier molecular flexibility index (Phi) is 5.21. The van der Waals surface area contributed by atoms with Crippen LogP contribution in [0.4, 0.5) is 0 Å². The lowest BCUT2D eigenvalue weighted by molar-refractivity contribution is -0.139. The van der Waals surface area contributed by atoms with Gasteiger partial charge in [-0.15, -0.1) is 0 Å². The molecule has 0 radical (unpaired) electrons. The van der Waals surface area contributed by atoms with E-state index in [4.69, 9.17) is 27.9 Å². The smallest absolute Gasteiger partial charge is 0.255 e. The van der Waals surface area contributed by atoms with Gasteiger partial charge in [-0.1, -0.05) is 29.6 Å². The molecule has 1 saturated heterocycles. The molecule has 1 aliphatic carbocycles. The Balaban J connectivity index is 1.65. The number of carbonyl (C=O) groups excluding carboxylic acids is 2. The van der Waals surface area contributed by atoms with Crippen molar-refractivity contribution in [2.75, 3.05) is 33.3 Å². The zero-order valence-corrected chi connectivity index (χ0v) is 15.1. The number of ether oxygens (including phenoxy) is 1. The van der Waals surface area contributed by atoms with Crippen molar-refractivity contribution in [3.63, 3.8) is 0 Å². The lowest BCUT2D eigenvalue weighted by Gasteiger charge is -2.38. The minimum absolute atomic E-state index is 0.166. The number of hydrogen-bond acceptors (Lipinski definition) is 3. The van der Waals surface area contributed by atoms with E-state index < -0.39 is 0 Å². The average Bonchev–Trinajstić information content (AvgIpc) is 2.54. The van der Waals surface area contributed by atoms with Crippen molar-refractivity contribution in [2.24, 2.45) is 5.92 Å². The standard InChI is InChI=1S/C17H20Cl2N2O3/c1-24-15-10-13(18)12(9-14(15)19)17(23)21-7-5-20(6-8-21)16(22)11-3-2-4-11/h9-11H,2-8H2,1H3. The van der Waals surface area contributed by atoms with Crippen LogP contribution in [0, 0.1) is 5.92 Å². The van der Waals surface area contributed by atoms with Crippen LogP contribution in [0.25, 0.3) is 0 Å². The molecule has 3 rings (SSSR count). The lowest BCUT2D eigenvalue weighted by Crippen LogP contribution is -2.52. The third kappa shape index (κ3) is 3.33. The molecule has 0 bridgehead atoms. The summed E-state index contributed by atoms with van der Waals surface area (Å²) in [6, 6.07) is 3.09. The molecule has 1 aromatic carbocycles. The molecule has 1 aliphatic heterocycles. The fourth-order valence-electron chi connectivity index (χ4n) is 3.06. The fourth-order valence-corrected chi connectivity index (χ4v) is 3.54. The predicted octanol–water partition coefficient (Wildman–Crippen LogP) is 3.09. The van der Waals surface area contributed by atoms with Crippen LogP contribution in [-0.4, -0.2) is 54.9 Å². The number of methoxy groups -OCH3 is 1. The lowest BCUT2D eigenvalue weighted by atomic mass is 9.84. The first-order chi connectivity index (χ1) is 11.5. The molecule has 0 aromatic heterocycles. The average molecular weight is 371 g/mol. The zero-order valence-electron chi connectivity index (χ0n) is 13.6. The SMILES string of the molecule is COc1cc(Cl)c(C(=O)N2CCN(C(=O)C3CCC3)CC2)cc1Cl. The van der Waals surface area contributed by atoms with Crippen LogP contribution in [0.15, 0.2) is 12.1 Å². The molecule has 1 aromatic rings. The Bertz CT molecular complexity index is 653. The van der Waals surface area contributed by atoms with E-state index in [1.807, 2.05) is 4.90 Å². The normalized spacial score (nSPS) is 18.3. The van der Waals surface area contributed by atoms with Gasteiger partial charge < -0.3 is 14.5 Å². The van der Waals surface area contributed by atoms with E-state index in [-0.39, 0.29) is 17.7 Å². The van der Waals surface area contributed by atoms with Crippen LogP contribution in [0.1, 0.15) is 29.6 Å². The van der Waals surface area contributed by atoms with Gasteiger partial charge in [0.15, 0.2) is 0 Å². The number of amides is 2. The molecular formula is C17H20Cl2N2O3. The van der Waals surface area contributed by atoms with Crippen molar-refractivity contribution in [2.45, 2.75) is 19.3 Å². The minimum atomic E-state index is -0.166. The number of nitrogens with zero attached hydrogens (tertiary/aromatic N) is 2. The van der Waals surface area contributed by atoms with E-state index in [2.05, 4.69) is 0 Å². The summed E-state index contributed by atoms with van der Waals surface area (Å²) >= 11 is 12.3. The highest BCUT2D eigenvalue weighted by Crippen LogP contribution is 2.32. The van der Waals surface area contributed by atoms with Gasteiger partial charge in [0.2, 0.25) is 5.91 Å². The van der Waals surface area contributed by atoms with E-state index in [9.17, 15) is 9.59 Å². The maximum Gasteiger partial charge on any atom is 0.255 e. The Labute approximate surface area is 151 Å². The summed E-state index contributed by atoms with van der Waals surface area (Å²) in [4.78, 5) is 28.5. The van der Waals surface area contributed by atoms with E-state index in [1.54, 1.807) is 11.0 Å². The third-order valence-corrected chi connectivity index (χ3v) is 5.41. The van der Waals surface area contributed by atoms with Gasteiger partial charge in [0.05, 0.1) is 22.7 Å². The molecule has 1 heterocycles. The maximum absolute atomic E-state index is 12.7. The molecule has 5 nitrogen and oxygen atoms in total. The number of carbonyl (C=O) groups is 2. The molecule has 24 heavy (non-hydrogen) atoms. The summed E-state index contributed by atoms with van der Waals surface area (Å²) in [6.07, 6.45) is 3.14. The topological polar surface area (TPSA) is 49.9 Å². The van der Waals surface area contributed by atoms with Crippen LogP contribution in [0.2, 0.25) is 10.0 Å². The Morgan fingerprint density at radius 2 is 1.67 bits per heavy atom. The molecule has 0 atom stereocenters. The van der Waals surface area contributed by atoms with Gasteiger partial charge in [-0.05, 0) is 18.9 Å². The second-order valence-corrected chi connectivity index (χ2v) is 7.03. The van der Waals surface area contributed by atoms with Gasteiger partial charge in [0.25, 0.3) is 5.91 Å². The second kappa shape index (κ2) is 7.19. The first-order valence-corrected chi connectivity index (χ1v) is 8.88. The quantitative estimate of drug-likeness (QED) is 0.821. The number of rotatable bonds is 3. The van der Waals surface area contributed by atoms with Crippen molar-refractivity contribution < 1.29 is 14.3 Å². The highest BCUT2D eigenvalue weighted by atomic mass is 35.5. The van der Waals surface area contributed by atoms with Gasteiger partial charge in [-0.3, -0.25) is 9.59 Å². The van der Waals surface area contributed by atoms with Crippen molar-refractivity contribution in [3.05, 3.63) is 27.7 Å². The Morgan fingerprint density at radius 3 is 2.21 bits per heavy atom. The largest absolute Gasteiger partial charge is 0.495 e. The van der Waals surface area contributed by atoms with Gasteiger partial charge in [-0.2, -0.15) is 0 Å². The molecule has 2 amide bonds. The minimum Gasteiger partial charge on any atom is -0.495 e. The Hall–Kier alpha value is -1.46. The van der Waals surface area contributed by atoms with E-state index in [0.717, 1.165) is 19.3 Å². The summed E-state index contributed by atoms with van der Waals surface area (Å²) in [5, 5.41) is 0.665. The maximum atomic E-state index is 12.7. The number of benzene rings is 1. The molecule has 0 spiro atoms. The third-order valence-electron chi connectivity index (χ3n) is 4.80. The van der Waals surface area contributed by atoms with E-state index in [1.165, 1.54) is 13.2 Å². The molecule has 1 saturated carbocycles. The molecule has 2 aliphatic rings. The highest BCUT2D eigenvalue weighted by Gasteiger charge is 2.32. The van der Waals surface area contributed by atoms with Crippen LogP contribution in [0.3, 0.4) is 0 Å². The van der Waals surface area contributed by atoms with Crippen LogP contribution in [0.5, 0.6) is 5.75 Å². The van der Waals surface area contributed by atoms with Gasteiger partial charge >= 0.3 is 0 Å². The van der Waals surface area contributed by atoms with E-state index in [0.29, 0.717) is 47.5 Å². The van der Waals surface area contributed by atoms with Crippen LogP contribution >= 0.6 is 23.2 Å². The van der Waals surface area contributed by atoms with Crippen molar-refractivity contribution in [3.8, 4) is 5.75 Å². The van der Waals surface area contributed by atoms with Crippen LogP contribution < -0.4 is 4.74 Å². The molecular weight excluding hydrogens is 351 g/mol. The first-order valence-electron chi connectivity index (χ1n) is 8.12. The molecule has 0 unspecified atom stereocenters. The van der Waals surface area contributed by atoms with Crippen LogP contribution in [-0.2, 0) is 4.79 Å².